The minimum Gasteiger partial charge on any atom is -0.365 e. The number of hydrogen-bond acceptors (Lipinski definition) is 6. The number of sulfonamides is 1. The van der Waals surface area contributed by atoms with E-state index in [-0.39, 0.29) is 23.8 Å². The summed E-state index contributed by atoms with van der Waals surface area (Å²) >= 11 is 0. The zero-order chi connectivity index (χ0) is 21.5. The fourth-order valence-corrected chi connectivity index (χ4v) is 4.98. The first kappa shape index (κ1) is 20.4. The van der Waals surface area contributed by atoms with Crippen molar-refractivity contribution in [2.24, 2.45) is 7.05 Å². The number of nitrogens with one attached hydrogen (secondary N) is 1. The Morgan fingerprint density at radius 3 is 2.63 bits per heavy atom. The number of aryl methyl sites for hydroxylation is 2. The van der Waals surface area contributed by atoms with E-state index in [0.29, 0.717) is 11.4 Å². The molecular formula is C19H20F2N6O2S. The van der Waals surface area contributed by atoms with Crippen molar-refractivity contribution in [2.75, 3.05) is 18.4 Å². The second-order valence-electron chi connectivity index (χ2n) is 7.25. The Balaban J connectivity index is 1.68. The van der Waals surface area contributed by atoms with Crippen molar-refractivity contribution in [3.8, 4) is 0 Å². The van der Waals surface area contributed by atoms with Gasteiger partial charge in [-0.3, -0.25) is 4.98 Å². The Morgan fingerprint density at radius 2 is 1.97 bits per heavy atom. The summed E-state index contributed by atoms with van der Waals surface area (Å²) in [6, 6.07) is 3.76. The predicted molar refractivity (Wildman–Crippen MR) is 105 cm³/mol. The lowest BCUT2D eigenvalue weighted by Crippen LogP contribution is -2.32. The Bertz CT molecular complexity index is 1180. The number of imidazole rings is 1. The van der Waals surface area contributed by atoms with E-state index in [4.69, 9.17) is 0 Å². The van der Waals surface area contributed by atoms with Crippen LogP contribution in [0.1, 0.15) is 17.2 Å². The lowest BCUT2D eigenvalue weighted by molar-refractivity contribution is 0.466. The average Bonchev–Trinajstić information content (AvgIpc) is 3.32. The van der Waals surface area contributed by atoms with Crippen LogP contribution in [0.4, 0.5) is 14.6 Å². The summed E-state index contributed by atoms with van der Waals surface area (Å²) in [6.45, 7) is 1.67. The van der Waals surface area contributed by atoms with Crippen LogP contribution in [-0.2, 0) is 17.1 Å². The Hall–Kier alpha value is -2.92. The van der Waals surface area contributed by atoms with E-state index in [0.717, 1.165) is 6.20 Å². The number of nitrogens with zero attached hydrogens (tertiary/aromatic N) is 5. The first-order valence-corrected chi connectivity index (χ1v) is 10.7. The first-order valence-electron chi connectivity index (χ1n) is 9.23. The van der Waals surface area contributed by atoms with E-state index in [1.807, 2.05) is 0 Å². The molecule has 0 amide bonds. The molecule has 1 aliphatic rings. The molecule has 0 aliphatic carbocycles. The normalized spacial score (nSPS) is 19.9. The molecule has 8 nitrogen and oxygen atoms in total. The maximum Gasteiger partial charge on any atom is 0.262 e. The summed E-state index contributed by atoms with van der Waals surface area (Å²) in [5, 5.41) is 3.05. The van der Waals surface area contributed by atoms with Crippen molar-refractivity contribution in [2.45, 2.75) is 23.9 Å². The largest absolute Gasteiger partial charge is 0.365 e. The molecule has 3 aromatic rings. The van der Waals surface area contributed by atoms with Gasteiger partial charge in [-0.05, 0) is 30.7 Å². The van der Waals surface area contributed by atoms with Gasteiger partial charge in [-0.15, -0.1) is 0 Å². The lowest BCUT2D eigenvalue weighted by atomic mass is 9.98. The smallest absolute Gasteiger partial charge is 0.262 e. The molecule has 3 aromatic heterocycles. The van der Waals surface area contributed by atoms with Crippen LogP contribution in [0.2, 0.25) is 0 Å². The fourth-order valence-electron chi connectivity index (χ4n) is 3.52. The average molecular weight is 434 g/mol. The van der Waals surface area contributed by atoms with Gasteiger partial charge >= 0.3 is 0 Å². The Morgan fingerprint density at radius 1 is 1.17 bits per heavy atom. The molecular weight excluding hydrogens is 414 g/mol. The molecule has 0 spiro atoms. The maximum absolute atomic E-state index is 14.5. The molecule has 1 fully saturated rings. The zero-order valence-electron chi connectivity index (χ0n) is 16.3. The summed E-state index contributed by atoms with van der Waals surface area (Å²) in [5.41, 5.74) is 0.552. The zero-order valence-corrected chi connectivity index (χ0v) is 17.1. The predicted octanol–water partition coefficient (Wildman–Crippen LogP) is 2.07. The SMILES string of the molecule is Cc1cc(NC2CN(S(=O)(=O)c3cn(C)cn3)CC2c2ncccc2F)ncc1F. The molecule has 0 radical (unpaired) electrons. The molecule has 0 aromatic carbocycles. The van der Waals surface area contributed by atoms with Gasteiger partial charge in [-0.25, -0.2) is 27.2 Å². The van der Waals surface area contributed by atoms with Crippen molar-refractivity contribution in [3.63, 3.8) is 0 Å². The Kier molecular flexibility index (Phi) is 5.24. The van der Waals surface area contributed by atoms with Crippen LogP contribution in [0.5, 0.6) is 0 Å². The van der Waals surface area contributed by atoms with E-state index in [9.17, 15) is 17.2 Å². The number of rotatable bonds is 5. The standard InChI is InChI=1S/C19H20F2N6O2S/c1-12-6-17(23-7-15(12)21)25-16-9-27(30(28,29)18-10-26(2)11-24-18)8-13(16)19-14(20)4-3-5-22-19/h3-7,10-11,13,16H,8-9H2,1-2H3,(H,23,25). The first-order chi connectivity index (χ1) is 14.3. The summed E-state index contributed by atoms with van der Waals surface area (Å²) in [7, 11) is -2.21. The molecule has 4 rings (SSSR count). The molecule has 2 unspecified atom stereocenters. The topological polar surface area (TPSA) is 93.0 Å². The summed E-state index contributed by atoms with van der Waals surface area (Å²) in [4.78, 5) is 12.1. The second-order valence-corrected chi connectivity index (χ2v) is 9.13. The van der Waals surface area contributed by atoms with Gasteiger partial charge in [0.15, 0.2) is 5.03 Å². The second kappa shape index (κ2) is 7.73. The highest BCUT2D eigenvalue weighted by Crippen LogP contribution is 2.33. The van der Waals surface area contributed by atoms with Crippen molar-refractivity contribution >= 4 is 15.8 Å². The van der Waals surface area contributed by atoms with Crippen LogP contribution in [-0.4, -0.2) is 51.4 Å². The van der Waals surface area contributed by atoms with Gasteiger partial charge in [0.1, 0.15) is 17.5 Å². The van der Waals surface area contributed by atoms with Crippen LogP contribution in [0.3, 0.4) is 0 Å². The van der Waals surface area contributed by atoms with E-state index >= 15 is 0 Å². The maximum atomic E-state index is 14.5. The summed E-state index contributed by atoms with van der Waals surface area (Å²) in [6.07, 6.45) is 5.37. The van der Waals surface area contributed by atoms with Gasteiger partial charge in [0.2, 0.25) is 0 Å². The van der Waals surface area contributed by atoms with Crippen molar-refractivity contribution < 1.29 is 17.2 Å². The van der Waals surface area contributed by atoms with Gasteiger partial charge in [-0.1, -0.05) is 0 Å². The molecule has 30 heavy (non-hydrogen) atoms. The highest BCUT2D eigenvalue weighted by Gasteiger charge is 2.42. The fraction of sp³-hybridized carbons (Fsp3) is 0.316. The molecule has 0 bridgehead atoms. The van der Waals surface area contributed by atoms with Gasteiger partial charge in [-0.2, -0.15) is 4.31 Å². The monoisotopic (exact) mass is 434 g/mol. The number of pyridine rings is 2. The lowest BCUT2D eigenvalue weighted by Gasteiger charge is -2.20. The molecule has 0 saturated carbocycles. The number of aromatic nitrogens is 4. The third-order valence-electron chi connectivity index (χ3n) is 5.09. The molecule has 1 aliphatic heterocycles. The van der Waals surface area contributed by atoms with E-state index in [1.165, 1.54) is 41.2 Å². The van der Waals surface area contributed by atoms with Crippen LogP contribution < -0.4 is 5.32 Å². The number of halogens is 2. The van der Waals surface area contributed by atoms with Crippen molar-refractivity contribution in [1.82, 2.24) is 23.8 Å². The van der Waals surface area contributed by atoms with Crippen LogP contribution >= 0.6 is 0 Å². The number of anilines is 1. The molecule has 11 heteroatoms. The van der Waals surface area contributed by atoms with E-state index < -0.39 is 33.6 Å². The van der Waals surface area contributed by atoms with Crippen LogP contribution in [0.25, 0.3) is 0 Å². The molecule has 1 saturated heterocycles. The summed E-state index contributed by atoms with van der Waals surface area (Å²) in [5.74, 6) is -1.16. The van der Waals surface area contributed by atoms with Gasteiger partial charge in [0.25, 0.3) is 10.0 Å². The minimum atomic E-state index is -3.88. The van der Waals surface area contributed by atoms with Gasteiger partial charge in [0.05, 0.1) is 24.3 Å². The highest BCUT2D eigenvalue weighted by molar-refractivity contribution is 7.89. The molecule has 2 atom stereocenters. The highest BCUT2D eigenvalue weighted by atomic mass is 32.2. The Labute approximate surface area is 172 Å². The van der Waals surface area contributed by atoms with Gasteiger partial charge in [0, 0.05) is 38.4 Å². The molecule has 1 N–H and O–H groups in total. The minimum absolute atomic E-state index is 0.0185. The van der Waals surface area contributed by atoms with Crippen molar-refractivity contribution in [1.29, 1.82) is 0 Å². The number of hydrogen-bond donors (Lipinski definition) is 1. The summed E-state index contributed by atoms with van der Waals surface area (Å²) < 4.78 is 56.9. The third-order valence-corrected chi connectivity index (χ3v) is 6.81. The third kappa shape index (κ3) is 3.77. The van der Waals surface area contributed by atoms with Crippen LogP contribution in [0, 0.1) is 18.6 Å². The van der Waals surface area contributed by atoms with E-state index in [2.05, 4.69) is 20.3 Å². The van der Waals surface area contributed by atoms with Gasteiger partial charge < -0.3 is 9.88 Å². The van der Waals surface area contributed by atoms with E-state index in [1.54, 1.807) is 18.5 Å². The van der Waals surface area contributed by atoms with Crippen LogP contribution in [0.15, 0.2) is 48.1 Å². The molecule has 4 heterocycles. The van der Waals surface area contributed by atoms with Crippen molar-refractivity contribution in [3.05, 3.63) is 66.0 Å². The quantitative estimate of drug-likeness (QED) is 0.661. The molecule has 158 valence electrons.